The Hall–Kier alpha value is -5.57. The summed E-state index contributed by atoms with van der Waals surface area (Å²) in [5.74, 6) is 1.13. The van der Waals surface area contributed by atoms with Gasteiger partial charge >= 0.3 is 0 Å². The molecule has 0 fully saturated rings. The van der Waals surface area contributed by atoms with E-state index in [4.69, 9.17) is 15.5 Å². The molecule has 1 N–H and O–H groups in total. The van der Waals surface area contributed by atoms with Crippen LogP contribution in [0.1, 0.15) is 135 Å². The molecule has 0 aliphatic heterocycles. The van der Waals surface area contributed by atoms with E-state index < -0.39 is 5.41 Å². The number of fused-ring (bicyclic) bond motifs is 1. The van der Waals surface area contributed by atoms with Crippen molar-refractivity contribution in [3.63, 3.8) is 0 Å². The first-order valence-electron chi connectivity index (χ1n) is 24.6. The van der Waals surface area contributed by atoms with Crippen molar-refractivity contribution < 1.29 is 31.7 Å². The SMILES string of the molecule is [2H]c1c([2H])c(C(C)(C)C)c([2H])c([2H])c1-c1ccnc(-c2[c-]c(-c3cccc4c3nc(-c3cc(C(C)C)cc(C(C)C)c3O)n4-c3ccc(C(C)(C)C)cc3-c3ccccc3)cc(C(C)(C)C)c2)c1.[Pt]. The number of hydrogen-bond acceptors (Lipinski definition) is 3. The summed E-state index contributed by atoms with van der Waals surface area (Å²) in [6.07, 6.45) is 1.67. The molecule has 65 heavy (non-hydrogen) atoms. The van der Waals surface area contributed by atoms with Crippen LogP contribution in [0, 0.1) is 6.07 Å². The third-order valence-corrected chi connectivity index (χ3v) is 12.3. The van der Waals surface area contributed by atoms with Gasteiger partial charge in [-0.25, -0.2) is 4.98 Å². The molecule has 0 unspecified atom stereocenters. The van der Waals surface area contributed by atoms with Crippen molar-refractivity contribution in [1.29, 1.82) is 0 Å². The van der Waals surface area contributed by atoms with Crippen LogP contribution in [0.2, 0.25) is 0 Å². The Balaban J connectivity index is 0.00000703. The Morgan fingerprint density at radius 3 is 1.88 bits per heavy atom. The van der Waals surface area contributed by atoms with Gasteiger partial charge in [0, 0.05) is 38.5 Å². The molecule has 0 aliphatic rings. The molecule has 8 aromatic rings. The van der Waals surface area contributed by atoms with E-state index in [2.05, 4.69) is 165 Å². The van der Waals surface area contributed by atoms with Crippen molar-refractivity contribution in [2.75, 3.05) is 0 Å². The molecule has 5 heteroatoms. The van der Waals surface area contributed by atoms with Gasteiger partial charge in [0.1, 0.15) is 11.6 Å². The Morgan fingerprint density at radius 1 is 0.585 bits per heavy atom. The summed E-state index contributed by atoms with van der Waals surface area (Å²) >= 11 is 0. The van der Waals surface area contributed by atoms with Crippen molar-refractivity contribution in [3.8, 4) is 67.5 Å². The van der Waals surface area contributed by atoms with E-state index >= 15 is 0 Å². The van der Waals surface area contributed by atoms with Crippen molar-refractivity contribution >= 4 is 11.0 Å². The van der Waals surface area contributed by atoms with Crippen LogP contribution >= 0.6 is 0 Å². The molecule has 2 aromatic heterocycles. The molecule has 0 saturated heterocycles. The van der Waals surface area contributed by atoms with Gasteiger partial charge in [0.05, 0.1) is 27.8 Å². The van der Waals surface area contributed by atoms with E-state index in [9.17, 15) is 5.11 Å². The van der Waals surface area contributed by atoms with E-state index in [0.717, 1.165) is 61.2 Å². The molecule has 4 nitrogen and oxygen atoms in total. The molecule has 8 rings (SSSR count). The summed E-state index contributed by atoms with van der Waals surface area (Å²) in [5, 5.41) is 12.3. The van der Waals surface area contributed by atoms with E-state index in [1.165, 1.54) is 5.56 Å². The fourth-order valence-corrected chi connectivity index (χ4v) is 8.26. The van der Waals surface area contributed by atoms with E-state index in [1.54, 1.807) is 12.3 Å². The monoisotopic (exact) mass is 1040 g/mol. The molecular weight excluding hydrogens is 974 g/mol. The maximum absolute atomic E-state index is 12.3. The molecular formula is C60H64N3OPt-. The quantitative estimate of drug-likeness (QED) is 0.154. The van der Waals surface area contributed by atoms with Gasteiger partial charge in [-0.15, -0.1) is 29.3 Å². The van der Waals surface area contributed by atoms with Crippen LogP contribution in [0.15, 0.2) is 133 Å². The van der Waals surface area contributed by atoms with Crippen LogP contribution in [0.3, 0.4) is 0 Å². The zero-order chi connectivity index (χ0) is 49.4. The number of benzene rings is 6. The van der Waals surface area contributed by atoms with Crippen LogP contribution in [0.5, 0.6) is 5.75 Å². The van der Waals surface area contributed by atoms with Crippen molar-refractivity contribution in [1.82, 2.24) is 14.5 Å². The Labute approximate surface area is 408 Å². The summed E-state index contributed by atoms with van der Waals surface area (Å²) < 4.78 is 38.3. The summed E-state index contributed by atoms with van der Waals surface area (Å²) in [4.78, 5) is 10.4. The van der Waals surface area contributed by atoms with E-state index in [-0.39, 0.29) is 79.2 Å². The number of aromatic hydroxyl groups is 1. The molecule has 6 aromatic carbocycles. The first-order valence-corrected chi connectivity index (χ1v) is 22.6. The summed E-state index contributed by atoms with van der Waals surface area (Å²) in [7, 11) is 0. The molecule has 0 saturated carbocycles. The van der Waals surface area contributed by atoms with Gasteiger partial charge in [-0.1, -0.05) is 186 Å². The van der Waals surface area contributed by atoms with Gasteiger partial charge in [0.15, 0.2) is 0 Å². The number of phenolic OH excluding ortho intramolecular Hbond substituents is 1. The third-order valence-electron chi connectivity index (χ3n) is 12.3. The molecule has 0 amide bonds. The van der Waals surface area contributed by atoms with Crippen LogP contribution in [-0.2, 0) is 37.3 Å². The average molecular weight is 1040 g/mol. The van der Waals surface area contributed by atoms with Crippen molar-refractivity contribution in [2.45, 2.75) is 118 Å². The van der Waals surface area contributed by atoms with Gasteiger partial charge < -0.3 is 5.11 Å². The Morgan fingerprint density at radius 2 is 1.25 bits per heavy atom. The first kappa shape index (κ1) is 42.1. The Kier molecular flexibility index (Phi) is 11.7. The zero-order valence-electron chi connectivity index (χ0n) is 44.2. The second-order valence-electron chi connectivity index (χ2n) is 21.0. The third kappa shape index (κ3) is 9.57. The van der Waals surface area contributed by atoms with Gasteiger partial charge in [0.2, 0.25) is 0 Å². The first-order chi connectivity index (χ1) is 31.9. The molecule has 0 spiro atoms. The largest absolute Gasteiger partial charge is 0.507 e. The van der Waals surface area contributed by atoms with Gasteiger partial charge in [-0.3, -0.25) is 9.55 Å². The second kappa shape index (κ2) is 18.0. The number of aromatic nitrogens is 3. The summed E-state index contributed by atoms with van der Waals surface area (Å²) in [6.45, 7) is 27.5. The summed E-state index contributed by atoms with van der Waals surface area (Å²) in [6, 6.07) is 39.1. The van der Waals surface area contributed by atoms with Gasteiger partial charge in [0.25, 0.3) is 0 Å². The number of nitrogens with zero attached hydrogens (tertiary/aromatic N) is 3. The fraction of sp³-hybridized carbons (Fsp3) is 0.300. The zero-order valence-corrected chi connectivity index (χ0v) is 42.4. The van der Waals surface area contributed by atoms with Crippen LogP contribution < -0.4 is 0 Å². The average Bonchev–Trinajstić information content (AvgIpc) is 3.67. The number of rotatable bonds is 8. The second-order valence-corrected chi connectivity index (χ2v) is 21.0. The normalized spacial score (nSPS) is 13.2. The molecule has 336 valence electrons. The van der Waals surface area contributed by atoms with Crippen molar-refractivity contribution in [3.05, 3.63) is 167 Å². The van der Waals surface area contributed by atoms with E-state index in [0.29, 0.717) is 28.2 Å². The van der Waals surface area contributed by atoms with Gasteiger partial charge in [-0.05, 0) is 97.4 Å². The van der Waals surface area contributed by atoms with Crippen molar-refractivity contribution in [2.24, 2.45) is 0 Å². The van der Waals surface area contributed by atoms with Crippen LogP contribution in [-0.4, -0.2) is 19.6 Å². The summed E-state index contributed by atoms with van der Waals surface area (Å²) in [5.41, 5.74) is 12.8. The van der Waals surface area contributed by atoms with Gasteiger partial charge in [-0.2, -0.15) is 0 Å². The predicted octanol–water partition coefficient (Wildman–Crippen LogP) is 16.4. The maximum atomic E-state index is 12.3. The standard InChI is InChI=1S/C60H64N3O.Pt/c1-37(2)42-33-49(38(3)4)56(64)51(34-42)57-62-55-48(20-17-21-54(55)63(57)53-27-26-46(59(8,9)10)36-50(53)40-18-15-14-16-19-40)43-30-44(32-47(31-43)60(11,12)13)52-35-41(28-29-61-52)39-22-24-45(25-23-39)58(5,6)7;/h14-29,31-38,64H,1-13H3;/q-1;/i22D,23D,24D,25D;. The minimum atomic E-state index is -0.573. The smallest absolute Gasteiger partial charge is 0.148 e. The fourth-order valence-electron chi connectivity index (χ4n) is 8.26. The molecule has 0 radical (unpaired) electrons. The number of imidazole rings is 1. The predicted molar refractivity (Wildman–Crippen MR) is 271 cm³/mol. The maximum Gasteiger partial charge on any atom is 0.148 e. The number of hydrogen-bond donors (Lipinski definition) is 1. The Bertz CT molecular complexity index is 3210. The topological polar surface area (TPSA) is 50.9 Å². The van der Waals surface area contributed by atoms with Crippen LogP contribution in [0.25, 0.3) is 72.7 Å². The number of pyridine rings is 1. The van der Waals surface area contributed by atoms with Crippen LogP contribution in [0.4, 0.5) is 0 Å². The number of phenols is 1. The molecule has 0 atom stereocenters. The minimum absolute atomic E-state index is 0. The van der Waals surface area contributed by atoms with E-state index in [1.807, 2.05) is 32.9 Å². The number of para-hydroxylation sites is 1. The molecule has 0 bridgehead atoms. The molecule has 0 aliphatic carbocycles. The molecule has 2 heterocycles. The minimum Gasteiger partial charge on any atom is -0.507 e.